The van der Waals surface area contributed by atoms with Crippen LogP contribution in [0.1, 0.15) is 50.7 Å². The zero-order valence-electron chi connectivity index (χ0n) is 18.2. The highest BCUT2D eigenvalue weighted by atomic mass is 16.7. The van der Waals surface area contributed by atoms with Crippen LogP contribution in [0.4, 0.5) is 4.79 Å². The number of hydrogen-bond donors (Lipinski definition) is 0. The van der Waals surface area contributed by atoms with Gasteiger partial charge in [0.25, 0.3) is 0 Å². The molecule has 0 aromatic heterocycles. The van der Waals surface area contributed by atoms with Gasteiger partial charge in [-0.15, -0.1) is 0 Å². The lowest BCUT2D eigenvalue weighted by molar-refractivity contribution is 0.134. The predicted molar refractivity (Wildman–Crippen MR) is 118 cm³/mol. The minimum Gasteiger partial charge on any atom is -0.395 e. The largest absolute Gasteiger partial charge is 0.519 e. The van der Waals surface area contributed by atoms with Crippen molar-refractivity contribution < 1.29 is 23.7 Å². The first kappa shape index (κ1) is 23.9. The molecule has 5 nitrogen and oxygen atoms in total. The third kappa shape index (κ3) is 9.90. The van der Waals surface area contributed by atoms with Crippen LogP contribution in [-0.2, 0) is 22.3 Å². The van der Waals surface area contributed by atoms with Crippen LogP contribution in [0.5, 0.6) is 11.5 Å². The summed E-state index contributed by atoms with van der Waals surface area (Å²) in [4.78, 5) is 12.0. The Labute approximate surface area is 180 Å². The summed E-state index contributed by atoms with van der Waals surface area (Å²) in [5.74, 6) is 0.910. The third-order valence-electron chi connectivity index (χ3n) is 4.60. The van der Waals surface area contributed by atoms with Gasteiger partial charge in [-0.25, -0.2) is 4.79 Å². The van der Waals surface area contributed by atoms with Gasteiger partial charge in [0, 0.05) is 13.2 Å². The summed E-state index contributed by atoms with van der Waals surface area (Å²) in [5.41, 5.74) is 2.28. The van der Waals surface area contributed by atoms with E-state index in [1.165, 1.54) is 0 Å². The van der Waals surface area contributed by atoms with Crippen LogP contribution in [0, 0.1) is 0 Å². The zero-order valence-corrected chi connectivity index (χ0v) is 18.2. The SMILES string of the molecule is CCCCOCCc1ccc(OC(=O)Oc2ccc(CCOCCCC)cc2)cc1. The molecule has 0 heterocycles. The number of hydrogen-bond acceptors (Lipinski definition) is 5. The number of benzene rings is 2. The van der Waals surface area contributed by atoms with Gasteiger partial charge in [-0.3, -0.25) is 0 Å². The molecule has 0 bridgehead atoms. The molecule has 0 aliphatic heterocycles. The summed E-state index contributed by atoms with van der Waals surface area (Å²) in [7, 11) is 0. The van der Waals surface area contributed by atoms with Gasteiger partial charge in [-0.1, -0.05) is 51.0 Å². The maximum atomic E-state index is 12.0. The van der Waals surface area contributed by atoms with Crippen molar-refractivity contribution in [1.82, 2.24) is 0 Å². The van der Waals surface area contributed by atoms with Gasteiger partial charge in [0.15, 0.2) is 0 Å². The molecule has 30 heavy (non-hydrogen) atoms. The molecule has 2 aromatic rings. The van der Waals surface area contributed by atoms with Crippen molar-refractivity contribution in [1.29, 1.82) is 0 Å². The molecule has 164 valence electrons. The molecular weight excluding hydrogens is 380 g/mol. The topological polar surface area (TPSA) is 54.0 Å². The lowest BCUT2D eigenvalue weighted by Crippen LogP contribution is -2.13. The van der Waals surface area contributed by atoms with E-state index >= 15 is 0 Å². The van der Waals surface area contributed by atoms with Crippen molar-refractivity contribution in [3.05, 3.63) is 59.7 Å². The van der Waals surface area contributed by atoms with Crippen molar-refractivity contribution in [2.75, 3.05) is 26.4 Å². The Bertz CT molecular complexity index is 648. The predicted octanol–water partition coefficient (Wildman–Crippen LogP) is 5.98. The smallest absolute Gasteiger partial charge is 0.395 e. The number of rotatable bonds is 14. The molecule has 0 spiro atoms. The lowest BCUT2D eigenvalue weighted by Gasteiger charge is -2.08. The van der Waals surface area contributed by atoms with Crippen LogP contribution in [0.25, 0.3) is 0 Å². The fraction of sp³-hybridized carbons (Fsp3) is 0.480. The van der Waals surface area contributed by atoms with Crippen LogP contribution in [0.3, 0.4) is 0 Å². The van der Waals surface area contributed by atoms with Crippen molar-refractivity contribution in [2.45, 2.75) is 52.4 Å². The van der Waals surface area contributed by atoms with Crippen LogP contribution in [-0.4, -0.2) is 32.6 Å². The first-order valence-corrected chi connectivity index (χ1v) is 10.9. The average Bonchev–Trinajstić information content (AvgIpc) is 2.76. The molecule has 0 fully saturated rings. The van der Waals surface area contributed by atoms with Crippen LogP contribution in [0.2, 0.25) is 0 Å². The van der Waals surface area contributed by atoms with E-state index in [1.807, 2.05) is 24.3 Å². The number of ether oxygens (including phenoxy) is 4. The zero-order chi connectivity index (χ0) is 21.4. The summed E-state index contributed by atoms with van der Waals surface area (Å²) < 4.78 is 21.6. The average molecular weight is 415 g/mol. The van der Waals surface area contributed by atoms with E-state index in [9.17, 15) is 4.79 Å². The molecule has 2 aromatic carbocycles. The number of unbranched alkanes of at least 4 members (excludes halogenated alkanes) is 2. The standard InChI is InChI=1S/C25H34O5/c1-3-5-17-27-19-15-21-7-11-23(12-8-21)29-25(26)30-24-13-9-22(10-14-24)16-20-28-18-6-4-2/h7-14H,3-6,15-20H2,1-2H3. The van der Waals surface area contributed by atoms with Gasteiger partial charge in [-0.05, 0) is 61.1 Å². The first-order valence-electron chi connectivity index (χ1n) is 10.9. The molecule has 0 aliphatic carbocycles. The highest BCUT2D eigenvalue weighted by Gasteiger charge is 2.08. The summed E-state index contributed by atoms with van der Waals surface area (Å²) >= 11 is 0. The minimum atomic E-state index is -0.749. The molecule has 5 heteroatoms. The van der Waals surface area contributed by atoms with E-state index in [4.69, 9.17) is 18.9 Å². The highest BCUT2D eigenvalue weighted by molar-refractivity contribution is 5.67. The first-order chi connectivity index (χ1) is 14.7. The van der Waals surface area contributed by atoms with Crippen LogP contribution >= 0.6 is 0 Å². The van der Waals surface area contributed by atoms with Crippen LogP contribution < -0.4 is 9.47 Å². The van der Waals surface area contributed by atoms with Gasteiger partial charge in [0.2, 0.25) is 0 Å². The minimum absolute atomic E-state index is 0.455. The van der Waals surface area contributed by atoms with Crippen LogP contribution in [0.15, 0.2) is 48.5 Å². The fourth-order valence-corrected chi connectivity index (χ4v) is 2.74. The third-order valence-corrected chi connectivity index (χ3v) is 4.60. The number of carbonyl (C=O) groups is 1. The van der Waals surface area contributed by atoms with Crippen molar-refractivity contribution in [2.24, 2.45) is 0 Å². The van der Waals surface area contributed by atoms with E-state index in [1.54, 1.807) is 24.3 Å². The van der Waals surface area contributed by atoms with Gasteiger partial charge >= 0.3 is 6.16 Å². The molecular formula is C25H34O5. The second kappa shape index (κ2) is 14.6. The monoisotopic (exact) mass is 414 g/mol. The molecule has 0 N–H and O–H groups in total. The van der Waals surface area contributed by atoms with Gasteiger partial charge in [-0.2, -0.15) is 0 Å². The molecule has 0 amide bonds. The fourth-order valence-electron chi connectivity index (χ4n) is 2.74. The Morgan fingerprint density at radius 2 is 1.03 bits per heavy atom. The Balaban J connectivity index is 1.69. The summed E-state index contributed by atoms with van der Waals surface area (Å²) in [5, 5.41) is 0. The van der Waals surface area contributed by atoms with Gasteiger partial charge in [0.05, 0.1) is 13.2 Å². The second-order valence-corrected chi connectivity index (χ2v) is 7.17. The molecule has 0 saturated heterocycles. The second-order valence-electron chi connectivity index (χ2n) is 7.17. The molecule has 0 aliphatic rings. The van der Waals surface area contributed by atoms with Gasteiger partial charge in [0.1, 0.15) is 11.5 Å². The van der Waals surface area contributed by atoms with Gasteiger partial charge < -0.3 is 18.9 Å². The van der Waals surface area contributed by atoms with E-state index in [-0.39, 0.29) is 0 Å². The quantitative estimate of drug-likeness (QED) is 0.216. The molecule has 2 rings (SSSR count). The highest BCUT2D eigenvalue weighted by Crippen LogP contribution is 2.17. The Morgan fingerprint density at radius 3 is 1.40 bits per heavy atom. The lowest BCUT2D eigenvalue weighted by atomic mass is 10.1. The van der Waals surface area contributed by atoms with Crippen molar-refractivity contribution in [3.63, 3.8) is 0 Å². The Morgan fingerprint density at radius 1 is 0.633 bits per heavy atom. The summed E-state index contributed by atoms with van der Waals surface area (Å²) in [6.07, 6.45) is 5.38. The summed E-state index contributed by atoms with van der Waals surface area (Å²) in [6.45, 7) is 7.29. The van der Waals surface area contributed by atoms with E-state index in [2.05, 4.69) is 13.8 Å². The molecule has 0 atom stereocenters. The van der Waals surface area contributed by atoms with E-state index in [0.29, 0.717) is 24.7 Å². The van der Waals surface area contributed by atoms with E-state index in [0.717, 1.165) is 62.9 Å². The molecule has 0 saturated carbocycles. The Hall–Kier alpha value is -2.37. The Kier molecular flexibility index (Phi) is 11.6. The maximum Gasteiger partial charge on any atom is 0.519 e. The molecule has 0 unspecified atom stereocenters. The van der Waals surface area contributed by atoms with Crippen molar-refractivity contribution in [3.8, 4) is 11.5 Å². The maximum absolute atomic E-state index is 12.0. The number of carbonyl (C=O) groups excluding carboxylic acids is 1. The van der Waals surface area contributed by atoms with Crippen molar-refractivity contribution >= 4 is 6.16 Å². The normalized spacial score (nSPS) is 10.7. The summed E-state index contributed by atoms with van der Waals surface area (Å²) in [6, 6.07) is 14.8. The molecule has 0 radical (unpaired) electrons. The van der Waals surface area contributed by atoms with E-state index < -0.39 is 6.16 Å².